The summed E-state index contributed by atoms with van der Waals surface area (Å²) in [6, 6.07) is 15.0. The average molecular weight is 421 g/mol. The van der Waals surface area contributed by atoms with Crippen LogP contribution in [-0.4, -0.2) is 44.5 Å². The van der Waals surface area contributed by atoms with Gasteiger partial charge in [0.05, 0.1) is 0 Å². The molecule has 31 heavy (non-hydrogen) atoms. The maximum absolute atomic E-state index is 12.7. The van der Waals surface area contributed by atoms with Crippen molar-refractivity contribution in [2.45, 2.75) is 26.3 Å². The van der Waals surface area contributed by atoms with Gasteiger partial charge < -0.3 is 10.1 Å². The maximum atomic E-state index is 12.7. The molecule has 0 aliphatic heterocycles. The van der Waals surface area contributed by atoms with Crippen molar-refractivity contribution >= 4 is 23.3 Å². The predicted octanol–water partition coefficient (Wildman–Crippen LogP) is 2.48. The molecule has 3 aromatic rings. The number of benzene rings is 2. The number of nitrogens with zero attached hydrogens (tertiary/aromatic N) is 4. The van der Waals surface area contributed by atoms with Gasteiger partial charge >= 0.3 is 5.97 Å². The van der Waals surface area contributed by atoms with Crippen molar-refractivity contribution in [3.63, 3.8) is 0 Å². The van der Waals surface area contributed by atoms with E-state index in [1.54, 1.807) is 38.1 Å². The summed E-state index contributed by atoms with van der Waals surface area (Å²) in [7, 11) is 0. The zero-order valence-electron chi connectivity index (χ0n) is 17.3. The molecule has 0 saturated carbocycles. The van der Waals surface area contributed by atoms with Gasteiger partial charge in [-0.25, -0.2) is 9.48 Å². The van der Waals surface area contributed by atoms with Crippen LogP contribution >= 0.6 is 0 Å². The highest BCUT2D eigenvalue weighted by Gasteiger charge is 2.25. The lowest BCUT2D eigenvalue weighted by atomic mass is 10.1. The molecule has 3 rings (SSSR count). The topological polar surface area (TPSA) is 116 Å². The number of carbonyl (C=O) groups is 3. The van der Waals surface area contributed by atoms with Crippen molar-refractivity contribution in [3.8, 4) is 0 Å². The van der Waals surface area contributed by atoms with Gasteiger partial charge in [0.25, 0.3) is 0 Å². The van der Waals surface area contributed by atoms with Gasteiger partial charge in [0, 0.05) is 23.6 Å². The Morgan fingerprint density at radius 2 is 1.74 bits per heavy atom. The summed E-state index contributed by atoms with van der Waals surface area (Å²) in [4.78, 5) is 36.9. The van der Waals surface area contributed by atoms with E-state index in [0.29, 0.717) is 17.7 Å². The fourth-order valence-corrected chi connectivity index (χ4v) is 2.78. The lowest BCUT2D eigenvalue weighted by Gasteiger charge is -2.15. The normalized spacial score (nSPS) is 11.7. The first-order valence-corrected chi connectivity index (χ1v) is 9.81. The Balaban J connectivity index is 1.61. The van der Waals surface area contributed by atoms with Crippen molar-refractivity contribution in [2.24, 2.45) is 5.92 Å². The fourth-order valence-electron chi connectivity index (χ4n) is 2.78. The van der Waals surface area contributed by atoms with Crippen molar-refractivity contribution in [2.75, 3.05) is 11.9 Å². The van der Waals surface area contributed by atoms with Gasteiger partial charge in [-0.1, -0.05) is 44.2 Å². The van der Waals surface area contributed by atoms with Crippen molar-refractivity contribution in [3.05, 3.63) is 72.1 Å². The average Bonchev–Trinajstić information content (AvgIpc) is 3.31. The molecule has 0 spiro atoms. The van der Waals surface area contributed by atoms with E-state index in [0.717, 1.165) is 5.56 Å². The highest BCUT2D eigenvalue weighted by Crippen LogP contribution is 2.16. The molecule has 1 amide bonds. The number of amides is 1. The number of nitrogens with one attached hydrogen (secondary N) is 1. The van der Waals surface area contributed by atoms with Crippen LogP contribution in [0.1, 0.15) is 35.8 Å². The molecule has 1 N–H and O–H groups in total. The van der Waals surface area contributed by atoms with E-state index < -0.39 is 18.6 Å². The second-order valence-electron chi connectivity index (χ2n) is 7.25. The van der Waals surface area contributed by atoms with Gasteiger partial charge in [0.2, 0.25) is 5.91 Å². The summed E-state index contributed by atoms with van der Waals surface area (Å²) < 4.78 is 6.58. The molecule has 0 unspecified atom stereocenters. The first-order valence-electron chi connectivity index (χ1n) is 9.81. The van der Waals surface area contributed by atoms with E-state index in [1.807, 2.05) is 30.3 Å². The van der Waals surface area contributed by atoms with E-state index in [1.165, 1.54) is 11.0 Å². The zero-order chi connectivity index (χ0) is 22.2. The number of carbonyl (C=O) groups excluding carboxylic acids is 3. The third-order valence-electron chi connectivity index (χ3n) is 4.57. The number of hydrogen-bond donors (Lipinski definition) is 1. The molecule has 160 valence electrons. The molecule has 0 radical (unpaired) electrons. The smallest absolute Gasteiger partial charge is 0.331 e. The Bertz CT molecular complexity index is 1020. The Morgan fingerprint density at radius 1 is 1.03 bits per heavy atom. The second kappa shape index (κ2) is 10.2. The Kier molecular flexibility index (Phi) is 7.21. The zero-order valence-corrected chi connectivity index (χ0v) is 17.3. The minimum atomic E-state index is -0.793. The first kappa shape index (κ1) is 21.8. The van der Waals surface area contributed by atoms with Gasteiger partial charge in [-0.05, 0) is 40.3 Å². The van der Waals surface area contributed by atoms with Crippen LogP contribution in [0.4, 0.5) is 5.69 Å². The highest BCUT2D eigenvalue weighted by atomic mass is 16.5. The number of hydrogen-bond acceptors (Lipinski definition) is 7. The van der Waals surface area contributed by atoms with Crippen LogP contribution in [0.15, 0.2) is 60.9 Å². The van der Waals surface area contributed by atoms with Crippen LogP contribution in [0.25, 0.3) is 0 Å². The van der Waals surface area contributed by atoms with Crippen LogP contribution in [0, 0.1) is 5.92 Å². The molecule has 9 heteroatoms. The molecular formula is C22H23N5O4. The summed E-state index contributed by atoms with van der Waals surface area (Å²) in [6.07, 6.45) is 1.66. The molecule has 0 bridgehead atoms. The van der Waals surface area contributed by atoms with Crippen LogP contribution in [-0.2, 0) is 20.7 Å². The van der Waals surface area contributed by atoms with Gasteiger partial charge in [0.15, 0.2) is 18.4 Å². The number of tetrazole rings is 1. The van der Waals surface area contributed by atoms with Gasteiger partial charge in [0.1, 0.15) is 6.33 Å². The second-order valence-corrected chi connectivity index (χ2v) is 7.25. The number of rotatable bonds is 9. The van der Waals surface area contributed by atoms with Gasteiger partial charge in [-0.2, -0.15) is 0 Å². The number of ether oxygens (including phenoxy) is 1. The lowest BCUT2D eigenvalue weighted by Crippen LogP contribution is -2.26. The third-order valence-corrected chi connectivity index (χ3v) is 4.57. The van der Waals surface area contributed by atoms with E-state index in [4.69, 9.17) is 4.74 Å². The van der Waals surface area contributed by atoms with Crippen molar-refractivity contribution < 1.29 is 19.1 Å². The Labute approximate surface area is 179 Å². The molecule has 2 aromatic carbocycles. The number of Topliss-reactive ketones (excluding diaryl/α,β-unsaturated/α-hetero) is 1. The summed E-state index contributed by atoms with van der Waals surface area (Å²) in [6.45, 7) is 3.17. The molecule has 0 saturated heterocycles. The monoisotopic (exact) mass is 421 g/mol. The maximum Gasteiger partial charge on any atom is 0.331 e. The molecule has 1 aromatic heterocycles. The standard InChI is InChI=1S/C22H23N5O4/c1-15(2)21(29)24-18-10-8-17(9-11-18)20(28)13-31-22(30)19(27-14-23-25-26-27)12-16-6-4-3-5-7-16/h3-11,14-15,19H,12-13H2,1-2H3,(H,24,29)/t19-/m0/s1. The minimum Gasteiger partial charge on any atom is -0.456 e. The summed E-state index contributed by atoms with van der Waals surface area (Å²) in [5.74, 6) is -1.22. The number of aromatic nitrogens is 4. The van der Waals surface area contributed by atoms with Crippen molar-refractivity contribution in [1.82, 2.24) is 20.2 Å². The number of anilines is 1. The van der Waals surface area contributed by atoms with Crippen LogP contribution < -0.4 is 5.32 Å². The van der Waals surface area contributed by atoms with E-state index >= 15 is 0 Å². The number of ketones is 1. The highest BCUT2D eigenvalue weighted by molar-refractivity contribution is 5.99. The SMILES string of the molecule is CC(C)C(=O)Nc1ccc(C(=O)COC(=O)[C@H](Cc2ccccc2)n2cnnn2)cc1. The Morgan fingerprint density at radius 3 is 2.35 bits per heavy atom. The van der Waals surface area contributed by atoms with Gasteiger partial charge in [-0.3, -0.25) is 9.59 Å². The largest absolute Gasteiger partial charge is 0.456 e. The van der Waals surface area contributed by atoms with Crippen LogP contribution in [0.2, 0.25) is 0 Å². The summed E-state index contributed by atoms with van der Waals surface area (Å²) in [5.41, 5.74) is 1.87. The molecule has 1 heterocycles. The fraction of sp³-hybridized carbons (Fsp3) is 0.273. The molecular weight excluding hydrogens is 398 g/mol. The molecule has 1 atom stereocenters. The Hall–Kier alpha value is -3.88. The lowest BCUT2D eigenvalue weighted by molar-refractivity contribution is -0.146. The van der Waals surface area contributed by atoms with Gasteiger partial charge in [-0.15, -0.1) is 5.10 Å². The molecule has 9 nitrogen and oxygen atoms in total. The first-order chi connectivity index (χ1) is 14.9. The molecule has 0 aliphatic carbocycles. The van der Waals surface area contributed by atoms with Crippen molar-refractivity contribution in [1.29, 1.82) is 0 Å². The summed E-state index contributed by atoms with van der Waals surface area (Å²) in [5, 5.41) is 13.7. The predicted molar refractivity (Wildman–Crippen MR) is 112 cm³/mol. The van der Waals surface area contributed by atoms with Crippen LogP contribution in [0.5, 0.6) is 0 Å². The van der Waals surface area contributed by atoms with E-state index in [9.17, 15) is 14.4 Å². The third kappa shape index (κ3) is 6.05. The molecule has 0 fully saturated rings. The molecule has 0 aliphatic rings. The minimum absolute atomic E-state index is 0.111. The summed E-state index contributed by atoms with van der Waals surface area (Å²) >= 11 is 0. The quantitative estimate of drug-likeness (QED) is 0.417. The number of esters is 1. The van der Waals surface area contributed by atoms with E-state index in [2.05, 4.69) is 20.8 Å². The van der Waals surface area contributed by atoms with E-state index in [-0.39, 0.29) is 17.6 Å². The van der Waals surface area contributed by atoms with Crippen LogP contribution in [0.3, 0.4) is 0 Å².